The Morgan fingerprint density at radius 3 is 2.89 bits per heavy atom. The molecular weight excluding hydrogens is 256 g/mol. The van der Waals surface area contributed by atoms with Crippen LogP contribution in [0.25, 0.3) is 0 Å². The third-order valence-corrected chi connectivity index (χ3v) is 5.70. The number of nitrogens with zero attached hydrogens (tertiary/aromatic N) is 3. The molecule has 0 aliphatic carbocycles. The zero-order chi connectivity index (χ0) is 13.2. The Hall–Kier alpha value is -0.650. The Labute approximate surface area is 119 Å². The van der Waals surface area contributed by atoms with E-state index in [1.54, 1.807) is 0 Å². The van der Waals surface area contributed by atoms with E-state index in [0.717, 1.165) is 6.04 Å². The smallest absolute Gasteiger partial charge is 0.185 e. The molecule has 19 heavy (non-hydrogen) atoms. The van der Waals surface area contributed by atoms with Crippen LogP contribution in [0.4, 0.5) is 5.13 Å². The predicted molar refractivity (Wildman–Crippen MR) is 81.0 cm³/mol. The van der Waals surface area contributed by atoms with Crippen LogP contribution in [0, 0.1) is 0 Å². The van der Waals surface area contributed by atoms with Crippen LogP contribution in [0.1, 0.15) is 37.1 Å². The highest BCUT2D eigenvalue weighted by Gasteiger charge is 2.30. The van der Waals surface area contributed by atoms with E-state index < -0.39 is 0 Å². The third-order valence-electron chi connectivity index (χ3n) is 4.46. The van der Waals surface area contributed by atoms with Crippen molar-refractivity contribution in [1.29, 1.82) is 0 Å². The standard InChI is InChI=1S/C14H24N4S/c1-11(15-2)13-9-16-14(19-13)18-8-5-12(10-18)17-6-3-4-7-17/h9,11-12,15H,3-8,10H2,1-2H3. The van der Waals surface area contributed by atoms with Crippen LogP contribution in [0.5, 0.6) is 0 Å². The van der Waals surface area contributed by atoms with E-state index in [1.807, 2.05) is 24.6 Å². The first-order valence-corrected chi connectivity index (χ1v) is 8.21. The fourth-order valence-corrected chi connectivity index (χ4v) is 4.10. The summed E-state index contributed by atoms with van der Waals surface area (Å²) in [7, 11) is 2.00. The molecule has 0 saturated carbocycles. The van der Waals surface area contributed by atoms with Crippen molar-refractivity contribution in [3.05, 3.63) is 11.1 Å². The van der Waals surface area contributed by atoms with Crippen LogP contribution >= 0.6 is 11.3 Å². The fraction of sp³-hybridized carbons (Fsp3) is 0.786. The monoisotopic (exact) mass is 280 g/mol. The quantitative estimate of drug-likeness (QED) is 0.915. The van der Waals surface area contributed by atoms with Gasteiger partial charge in [-0.05, 0) is 46.3 Å². The molecule has 0 spiro atoms. The third kappa shape index (κ3) is 2.78. The largest absolute Gasteiger partial charge is 0.346 e. The van der Waals surface area contributed by atoms with Gasteiger partial charge in [-0.1, -0.05) is 0 Å². The molecule has 3 rings (SSSR count). The van der Waals surface area contributed by atoms with Crippen LogP contribution in [0.15, 0.2) is 6.20 Å². The van der Waals surface area contributed by atoms with Gasteiger partial charge in [0.25, 0.3) is 0 Å². The number of rotatable bonds is 4. The number of nitrogens with one attached hydrogen (secondary N) is 1. The summed E-state index contributed by atoms with van der Waals surface area (Å²) in [6.45, 7) is 7.13. The zero-order valence-corrected chi connectivity index (χ0v) is 12.7. The highest BCUT2D eigenvalue weighted by atomic mass is 32.1. The van der Waals surface area contributed by atoms with Gasteiger partial charge in [-0.3, -0.25) is 4.90 Å². The van der Waals surface area contributed by atoms with E-state index in [-0.39, 0.29) is 0 Å². The second-order valence-corrected chi connectivity index (χ2v) is 6.73. The van der Waals surface area contributed by atoms with Gasteiger partial charge in [-0.2, -0.15) is 0 Å². The maximum absolute atomic E-state index is 4.61. The molecule has 1 N–H and O–H groups in total. The van der Waals surface area contributed by atoms with E-state index >= 15 is 0 Å². The van der Waals surface area contributed by atoms with Gasteiger partial charge in [0.2, 0.25) is 0 Å². The predicted octanol–water partition coefficient (Wildman–Crippen LogP) is 2.10. The average Bonchev–Trinajstić information content (AvgIpc) is 3.14. The molecule has 2 unspecified atom stereocenters. The molecule has 0 bridgehead atoms. The molecule has 106 valence electrons. The summed E-state index contributed by atoms with van der Waals surface area (Å²) in [5, 5.41) is 4.49. The molecule has 2 fully saturated rings. The van der Waals surface area contributed by atoms with Crippen LogP contribution in [0.3, 0.4) is 0 Å². The lowest BCUT2D eigenvalue weighted by Crippen LogP contribution is -2.35. The Morgan fingerprint density at radius 2 is 2.16 bits per heavy atom. The van der Waals surface area contributed by atoms with E-state index in [4.69, 9.17) is 0 Å². The Balaban J connectivity index is 1.62. The molecule has 1 aromatic heterocycles. The van der Waals surface area contributed by atoms with Crippen LogP contribution < -0.4 is 10.2 Å². The lowest BCUT2D eigenvalue weighted by Gasteiger charge is -2.23. The Kier molecular flexibility index (Phi) is 4.05. The summed E-state index contributed by atoms with van der Waals surface area (Å²) >= 11 is 1.84. The molecule has 0 radical (unpaired) electrons. The SMILES string of the molecule is CNC(C)c1cnc(N2CCC(N3CCCC3)C2)s1. The molecule has 2 atom stereocenters. The topological polar surface area (TPSA) is 31.4 Å². The molecule has 1 aromatic rings. The number of hydrogen-bond donors (Lipinski definition) is 1. The van der Waals surface area contributed by atoms with Gasteiger partial charge in [-0.15, -0.1) is 11.3 Å². The number of anilines is 1. The minimum absolute atomic E-state index is 0.406. The summed E-state index contributed by atoms with van der Waals surface area (Å²) in [6.07, 6.45) is 6.11. The van der Waals surface area contributed by atoms with Crippen molar-refractivity contribution in [1.82, 2.24) is 15.2 Å². The molecule has 2 aliphatic heterocycles. The molecular formula is C14H24N4S. The first-order chi connectivity index (χ1) is 9.28. The van der Waals surface area contributed by atoms with Crippen molar-refractivity contribution in [2.24, 2.45) is 0 Å². The van der Waals surface area contributed by atoms with E-state index in [1.165, 1.54) is 55.5 Å². The van der Waals surface area contributed by atoms with Gasteiger partial charge in [0.05, 0.1) is 0 Å². The highest BCUT2D eigenvalue weighted by molar-refractivity contribution is 7.15. The molecule has 5 heteroatoms. The van der Waals surface area contributed by atoms with E-state index in [9.17, 15) is 0 Å². The van der Waals surface area contributed by atoms with Gasteiger partial charge < -0.3 is 10.2 Å². The number of thiazole rings is 1. The fourth-order valence-electron chi connectivity index (χ4n) is 3.09. The Morgan fingerprint density at radius 1 is 1.37 bits per heavy atom. The lowest BCUT2D eigenvalue weighted by molar-refractivity contribution is 0.260. The highest BCUT2D eigenvalue weighted by Crippen LogP contribution is 2.30. The average molecular weight is 280 g/mol. The minimum Gasteiger partial charge on any atom is -0.346 e. The number of aromatic nitrogens is 1. The summed E-state index contributed by atoms with van der Waals surface area (Å²) in [5.74, 6) is 0. The maximum Gasteiger partial charge on any atom is 0.185 e. The first kappa shape index (κ1) is 13.3. The Bertz CT molecular complexity index is 413. The van der Waals surface area contributed by atoms with Gasteiger partial charge in [0, 0.05) is 36.2 Å². The van der Waals surface area contributed by atoms with Gasteiger partial charge in [-0.25, -0.2) is 4.98 Å². The number of likely N-dealkylation sites (tertiary alicyclic amines) is 1. The number of hydrogen-bond acceptors (Lipinski definition) is 5. The second-order valence-electron chi connectivity index (χ2n) is 5.69. The maximum atomic E-state index is 4.61. The summed E-state index contributed by atoms with van der Waals surface area (Å²) < 4.78 is 0. The van der Waals surface area contributed by atoms with Crippen LogP contribution in [-0.4, -0.2) is 49.2 Å². The molecule has 0 amide bonds. The van der Waals surface area contributed by atoms with Crippen molar-refractivity contribution in [3.8, 4) is 0 Å². The van der Waals surface area contributed by atoms with Crippen molar-refractivity contribution >= 4 is 16.5 Å². The normalized spacial score (nSPS) is 26.2. The van der Waals surface area contributed by atoms with Crippen molar-refractivity contribution < 1.29 is 0 Å². The molecule has 2 aliphatic rings. The molecule has 0 aromatic carbocycles. The molecule has 2 saturated heterocycles. The van der Waals surface area contributed by atoms with Crippen molar-refractivity contribution in [2.45, 2.75) is 38.3 Å². The molecule has 3 heterocycles. The zero-order valence-electron chi connectivity index (χ0n) is 11.9. The summed E-state index contributed by atoms with van der Waals surface area (Å²) in [6, 6.07) is 1.17. The van der Waals surface area contributed by atoms with Gasteiger partial charge in [0.15, 0.2) is 5.13 Å². The molecule has 4 nitrogen and oxygen atoms in total. The lowest BCUT2D eigenvalue weighted by atomic mass is 10.2. The second kappa shape index (κ2) is 5.77. The van der Waals surface area contributed by atoms with Gasteiger partial charge in [0.1, 0.15) is 0 Å². The van der Waals surface area contributed by atoms with Crippen molar-refractivity contribution in [3.63, 3.8) is 0 Å². The van der Waals surface area contributed by atoms with Crippen LogP contribution in [0.2, 0.25) is 0 Å². The van der Waals surface area contributed by atoms with Gasteiger partial charge >= 0.3 is 0 Å². The summed E-state index contributed by atoms with van der Waals surface area (Å²) in [5.41, 5.74) is 0. The first-order valence-electron chi connectivity index (χ1n) is 7.40. The summed E-state index contributed by atoms with van der Waals surface area (Å²) in [4.78, 5) is 11.1. The van der Waals surface area contributed by atoms with E-state index in [2.05, 4.69) is 27.0 Å². The minimum atomic E-state index is 0.406. The van der Waals surface area contributed by atoms with Crippen LogP contribution in [-0.2, 0) is 0 Å². The van der Waals surface area contributed by atoms with Crippen molar-refractivity contribution in [2.75, 3.05) is 38.1 Å². The van der Waals surface area contributed by atoms with E-state index in [0.29, 0.717) is 6.04 Å².